The number of hydrogen-bond acceptors (Lipinski definition) is 4. The molecular formula is C11H22N2O2S2. The van der Waals surface area contributed by atoms with Crippen molar-refractivity contribution in [1.82, 2.24) is 10.0 Å². The van der Waals surface area contributed by atoms with Crippen molar-refractivity contribution in [2.24, 2.45) is 5.92 Å². The summed E-state index contributed by atoms with van der Waals surface area (Å²) in [6, 6.07) is 0.183. The minimum atomic E-state index is -3.07. The molecule has 0 amide bonds. The zero-order chi connectivity index (χ0) is 12.1. The fourth-order valence-electron chi connectivity index (χ4n) is 2.48. The van der Waals surface area contributed by atoms with Gasteiger partial charge >= 0.3 is 0 Å². The Balaban J connectivity index is 1.80. The van der Waals surface area contributed by atoms with Gasteiger partial charge in [-0.15, -0.1) is 0 Å². The van der Waals surface area contributed by atoms with Gasteiger partial charge in [0.25, 0.3) is 0 Å². The van der Waals surface area contributed by atoms with E-state index >= 15 is 0 Å². The van der Waals surface area contributed by atoms with Crippen molar-refractivity contribution < 1.29 is 8.42 Å². The zero-order valence-corrected chi connectivity index (χ0v) is 11.8. The van der Waals surface area contributed by atoms with Crippen LogP contribution in [0.15, 0.2) is 0 Å². The highest BCUT2D eigenvalue weighted by atomic mass is 32.2. The lowest BCUT2D eigenvalue weighted by Crippen LogP contribution is -2.41. The SMILES string of the molecule is O=S(=O)(CC1CCNCC1)NC1CCSCC1. The second-order valence-corrected chi connectivity index (χ2v) is 8.00. The lowest BCUT2D eigenvalue weighted by atomic mass is 10.0. The van der Waals surface area contributed by atoms with Crippen molar-refractivity contribution in [2.45, 2.75) is 31.7 Å². The maximum Gasteiger partial charge on any atom is 0.212 e. The lowest BCUT2D eigenvalue weighted by Gasteiger charge is -2.26. The highest BCUT2D eigenvalue weighted by molar-refractivity contribution is 7.99. The van der Waals surface area contributed by atoms with E-state index < -0.39 is 10.0 Å². The van der Waals surface area contributed by atoms with Crippen LogP contribution in [0.2, 0.25) is 0 Å². The molecule has 0 atom stereocenters. The number of nitrogens with one attached hydrogen (secondary N) is 2. The average molecular weight is 278 g/mol. The first kappa shape index (κ1) is 13.6. The van der Waals surface area contributed by atoms with Crippen LogP contribution in [0, 0.1) is 5.92 Å². The van der Waals surface area contributed by atoms with Gasteiger partial charge in [0.05, 0.1) is 5.75 Å². The van der Waals surface area contributed by atoms with Crippen LogP contribution in [0.3, 0.4) is 0 Å². The summed E-state index contributed by atoms with van der Waals surface area (Å²) in [5.74, 6) is 2.83. The predicted octanol–water partition coefficient (Wildman–Crippen LogP) is 0.801. The number of rotatable bonds is 4. The van der Waals surface area contributed by atoms with Gasteiger partial charge in [0.2, 0.25) is 10.0 Å². The molecule has 0 radical (unpaired) electrons. The van der Waals surface area contributed by atoms with Crippen LogP contribution in [0.1, 0.15) is 25.7 Å². The van der Waals surface area contributed by atoms with Crippen molar-refractivity contribution in [3.8, 4) is 0 Å². The van der Waals surface area contributed by atoms with Crippen molar-refractivity contribution in [2.75, 3.05) is 30.3 Å². The molecule has 0 spiro atoms. The molecule has 0 aromatic heterocycles. The van der Waals surface area contributed by atoms with E-state index in [4.69, 9.17) is 0 Å². The Kier molecular flexibility index (Phi) is 5.14. The number of thioether (sulfide) groups is 1. The third-order valence-corrected chi connectivity index (χ3v) is 6.13. The first-order chi connectivity index (χ1) is 8.16. The molecule has 2 saturated heterocycles. The summed E-state index contributed by atoms with van der Waals surface area (Å²) in [6.07, 6.45) is 3.94. The second-order valence-electron chi connectivity index (χ2n) is 4.98. The van der Waals surface area contributed by atoms with E-state index in [0.29, 0.717) is 11.7 Å². The van der Waals surface area contributed by atoms with E-state index in [9.17, 15) is 8.42 Å². The van der Waals surface area contributed by atoms with Gasteiger partial charge in [0.1, 0.15) is 0 Å². The molecule has 2 fully saturated rings. The number of sulfonamides is 1. The normalized spacial score (nSPS) is 24.9. The molecule has 0 aromatic carbocycles. The van der Waals surface area contributed by atoms with E-state index in [1.165, 1.54) is 0 Å². The third-order valence-electron chi connectivity index (χ3n) is 3.48. The largest absolute Gasteiger partial charge is 0.317 e. The molecule has 100 valence electrons. The molecule has 0 bridgehead atoms. The fourth-order valence-corrected chi connectivity index (χ4v) is 5.38. The van der Waals surface area contributed by atoms with E-state index in [2.05, 4.69) is 10.0 Å². The van der Waals surface area contributed by atoms with Gasteiger partial charge in [0.15, 0.2) is 0 Å². The molecule has 2 N–H and O–H groups in total. The van der Waals surface area contributed by atoms with Gasteiger partial charge in [0, 0.05) is 6.04 Å². The molecule has 2 heterocycles. The van der Waals surface area contributed by atoms with E-state index in [-0.39, 0.29) is 6.04 Å². The molecule has 0 aliphatic carbocycles. The number of hydrogen-bond donors (Lipinski definition) is 2. The summed E-state index contributed by atoms with van der Waals surface area (Å²) in [6.45, 7) is 1.92. The molecule has 2 aliphatic rings. The molecular weight excluding hydrogens is 256 g/mol. The topological polar surface area (TPSA) is 58.2 Å². The van der Waals surface area contributed by atoms with Gasteiger partial charge in [-0.1, -0.05) is 0 Å². The van der Waals surface area contributed by atoms with Crippen LogP contribution < -0.4 is 10.0 Å². The van der Waals surface area contributed by atoms with Crippen molar-refractivity contribution in [3.05, 3.63) is 0 Å². The fraction of sp³-hybridized carbons (Fsp3) is 1.00. The van der Waals surface area contributed by atoms with Crippen LogP contribution in [-0.4, -0.2) is 44.8 Å². The van der Waals surface area contributed by atoms with E-state index in [0.717, 1.165) is 50.3 Å². The molecule has 6 heteroatoms. The molecule has 0 saturated carbocycles. The average Bonchev–Trinajstić information content (AvgIpc) is 2.30. The Bertz CT molecular complexity index is 294. The molecule has 2 rings (SSSR count). The maximum atomic E-state index is 12.0. The smallest absolute Gasteiger partial charge is 0.212 e. The Labute approximate surface area is 108 Å². The first-order valence-corrected chi connectivity index (χ1v) is 9.25. The highest BCUT2D eigenvalue weighted by Crippen LogP contribution is 2.19. The quantitative estimate of drug-likeness (QED) is 0.799. The van der Waals surface area contributed by atoms with Crippen molar-refractivity contribution >= 4 is 21.8 Å². The van der Waals surface area contributed by atoms with Crippen molar-refractivity contribution in [3.63, 3.8) is 0 Å². The summed E-state index contributed by atoms with van der Waals surface area (Å²) in [5.41, 5.74) is 0. The van der Waals surface area contributed by atoms with Crippen LogP contribution in [-0.2, 0) is 10.0 Å². The molecule has 4 nitrogen and oxygen atoms in total. The highest BCUT2D eigenvalue weighted by Gasteiger charge is 2.24. The van der Waals surface area contributed by atoms with Gasteiger partial charge in [-0.3, -0.25) is 0 Å². The molecule has 2 aliphatic heterocycles. The Hall–Kier alpha value is 0.220. The van der Waals surface area contributed by atoms with Gasteiger partial charge in [-0.25, -0.2) is 13.1 Å². The zero-order valence-electron chi connectivity index (χ0n) is 10.2. The van der Waals surface area contributed by atoms with Crippen LogP contribution in [0.5, 0.6) is 0 Å². The van der Waals surface area contributed by atoms with Crippen LogP contribution >= 0.6 is 11.8 Å². The Morgan fingerprint density at radius 3 is 2.41 bits per heavy atom. The lowest BCUT2D eigenvalue weighted by molar-refractivity contribution is 0.398. The third kappa shape index (κ3) is 4.77. The van der Waals surface area contributed by atoms with Gasteiger partial charge < -0.3 is 5.32 Å². The minimum absolute atomic E-state index is 0.183. The summed E-state index contributed by atoms with van der Waals surface area (Å²) in [5, 5.41) is 3.26. The predicted molar refractivity (Wildman–Crippen MR) is 72.9 cm³/mol. The minimum Gasteiger partial charge on any atom is -0.317 e. The Morgan fingerprint density at radius 2 is 1.76 bits per heavy atom. The second kappa shape index (κ2) is 6.41. The van der Waals surface area contributed by atoms with Gasteiger partial charge in [-0.05, 0) is 56.2 Å². The first-order valence-electron chi connectivity index (χ1n) is 6.44. The summed E-state index contributed by atoms with van der Waals surface area (Å²) >= 11 is 1.92. The van der Waals surface area contributed by atoms with Crippen LogP contribution in [0.25, 0.3) is 0 Å². The standard InChI is InChI=1S/C11H22N2O2S2/c14-17(15,9-10-1-5-12-6-2-10)13-11-3-7-16-8-4-11/h10-13H,1-9H2. The molecule has 0 aromatic rings. The van der Waals surface area contributed by atoms with Crippen molar-refractivity contribution in [1.29, 1.82) is 0 Å². The number of piperidine rings is 1. The Morgan fingerprint density at radius 1 is 1.12 bits per heavy atom. The van der Waals surface area contributed by atoms with Gasteiger partial charge in [-0.2, -0.15) is 11.8 Å². The van der Waals surface area contributed by atoms with Crippen LogP contribution in [0.4, 0.5) is 0 Å². The maximum absolute atomic E-state index is 12.0. The summed E-state index contributed by atoms with van der Waals surface area (Å²) in [7, 11) is -3.07. The van der Waals surface area contributed by atoms with E-state index in [1.807, 2.05) is 11.8 Å². The molecule has 0 unspecified atom stereocenters. The summed E-state index contributed by atoms with van der Waals surface area (Å²) < 4.78 is 26.9. The summed E-state index contributed by atoms with van der Waals surface area (Å²) in [4.78, 5) is 0. The molecule has 17 heavy (non-hydrogen) atoms. The van der Waals surface area contributed by atoms with E-state index in [1.54, 1.807) is 0 Å². The monoisotopic (exact) mass is 278 g/mol.